The molecule has 3 heterocycles. The standard InChI is InChI=1S/C21H35N5O4/c1-20(2,3)30-19(28)25-11-6-21(29,7-12-25)15-26-16-23-17(14-18(26)27)22-8-13-24-9-4-5-10-24/h14,16,22,29H,4-13,15H2,1-3H3. The highest BCUT2D eigenvalue weighted by Crippen LogP contribution is 2.25. The van der Waals surface area contributed by atoms with E-state index in [2.05, 4.69) is 15.2 Å². The molecule has 0 unspecified atom stereocenters. The summed E-state index contributed by atoms with van der Waals surface area (Å²) in [5.74, 6) is 0.558. The van der Waals surface area contributed by atoms with Crippen molar-refractivity contribution in [1.29, 1.82) is 0 Å². The Kier molecular flexibility index (Phi) is 7.02. The third-order valence-electron chi connectivity index (χ3n) is 5.62. The first-order valence-electron chi connectivity index (χ1n) is 10.9. The number of nitrogens with zero attached hydrogens (tertiary/aromatic N) is 4. The summed E-state index contributed by atoms with van der Waals surface area (Å²) in [7, 11) is 0. The molecule has 2 aliphatic rings. The molecule has 0 radical (unpaired) electrons. The lowest BCUT2D eigenvalue weighted by atomic mass is 9.91. The number of ether oxygens (including phenoxy) is 1. The van der Waals surface area contributed by atoms with Crippen LogP contribution < -0.4 is 10.9 Å². The minimum Gasteiger partial charge on any atom is -0.444 e. The van der Waals surface area contributed by atoms with Gasteiger partial charge in [0.05, 0.1) is 18.5 Å². The van der Waals surface area contributed by atoms with E-state index < -0.39 is 11.2 Å². The van der Waals surface area contributed by atoms with Crippen LogP contribution in [0.15, 0.2) is 17.2 Å². The van der Waals surface area contributed by atoms with Gasteiger partial charge in [-0.05, 0) is 59.5 Å². The van der Waals surface area contributed by atoms with Crippen molar-refractivity contribution in [2.45, 2.75) is 64.2 Å². The van der Waals surface area contributed by atoms with Crippen LogP contribution in [-0.2, 0) is 11.3 Å². The van der Waals surface area contributed by atoms with Crippen LogP contribution in [0.1, 0.15) is 46.5 Å². The van der Waals surface area contributed by atoms with E-state index in [1.165, 1.54) is 29.8 Å². The van der Waals surface area contributed by atoms with Crippen molar-refractivity contribution < 1.29 is 14.6 Å². The maximum atomic E-state index is 12.5. The molecule has 0 spiro atoms. The van der Waals surface area contributed by atoms with Gasteiger partial charge >= 0.3 is 6.09 Å². The van der Waals surface area contributed by atoms with Crippen LogP contribution in [0.25, 0.3) is 0 Å². The molecule has 1 aromatic heterocycles. The predicted octanol–water partition coefficient (Wildman–Crippen LogP) is 1.51. The van der Waals surface area contributed by atoms with Crippen LogP contribution in [0.2, 0.25) is 0 Å². The Morgan fingerprint density at radius 2 is 1.90 bits per heavy atom. The first-order valence-corrected chi connectivity index (χ1v) is 10.9. The Morgan fingerprint density at radius 1 is 1.23 bits per heavy atom. The monoisotopic (exact) mass is 421 g/mol. The number of hydrogen-bond donors (Lipinski definition) is 2. The number of hydrogen-bond acceptors (Lipinski definition) is 7. The maximum absolute atomic E-state index is 12.5. The predicted molar refractivity (Wildman–Crippen MR) is 115 cm³/mol. The van der Waals surface area contributed by atoms with Crippen LogP contribution in [0.4, 0.5) is 10.6 Å². The summed E-state index contributed by atoms with van der Waals surface area (Å²) in [4.78, 5) is 33.0. The van der Waals surface area contributed by atoms with Crippen LogP contribution in [0, 0.1) is 0 Å². The normalized spacial score (nSPS) is 19.7. The molecule has 2 saturated heterocycles. The number of nitrogens with one attached hydrogen (secondary N) is 1. The van der Waals surface area contributed by atoms with E-state index >= 15 is 0 Å². The Labute approximate surface area is 178 Å². The second-order valence-corrected chi connectivity index (χ2v) is 9.41. The summed E-state index contributed by atoms with van der Waals surface area (Å²) in [5, 5.41) is 14.1. The highest BCUT2D eigenvalue weighted by molar-refractivity contribution is 5.68. The molecule has 2 N–H and O–H groups in total. The van der Waals surface area contributed by atoms with Crippen molar-refractivity contribution >= 4 is 11.9 Å². The number of carbonyl (C=O) groups is 1. The highest BCUT2D eigenvalue weighted by Gasteiger charge is 2.36. The molecule has 0 atom stereocenters. The Bertz CT molecular complexity index is 774. The molecular formula is C21H35N5O4. The van der Waals surface area contributed by atoms with E-state index in [9.17, 15) is 14.7 Å². The van der Waals surface area contributed by atoms with Crippen LogP contribution in [0.3, 0.4) is 0 Å². The summed E-state index contributed by atoms with van der Waals surface area (Å²) in [5.41, 5.74) is -1.79. The van der Waals surface area contributed by atoms with Gasteiger partial charge in [0.25, 0.3) is 5.56 Å². The molecule has 1 amide bonds. The van der Waals surface area contributed by atoms with Gasteiger partial charge in [0.1, 0.15) is 11.4 Å². The van der Waals surface area contributed by atoms with Crippen molar-refractivity contribution in [3.8, 4) is 0 Å². The minimum absolute atomic E-state index is 0.162. The lowest BCUT2D eigenvalue weighted by Gasteiger charge is -2.38. The van der Waals surface area contributed by atoms with E-state index in [-0.39, 0.29) is 18.2 Å². The van der Waals surface area contributed by atoms with Crippen LogP contribution in [0.5, 0.6) is 0 Å². The van der Waals surface area contributed by atoms with E-state index in [0.29, 0.717) is 31.7 Å². The fraction of sp³-hybridized carbons (Fsp3) is 0.762. The second kappa shape index (κ2) is 9.34. The zero-order valence-electron chi connectivity index (χ0n) is 18.4. The van der Waals surface area contributed by atoms with Crippen molar-refractivity contribution in [3.63, 3.8) is 0 Å². The number of carbonyl (C=O) groups excluding carboxylic acids is 1. The summed E-state index contributed by atoms with van der Waals surface area (Å²) in [6.45, 7) is 10.4. The smallest absolute Gasteiger partial charge is 0.410 e. The topological polar surface area (TPSA) is 99.9 Å². The van der Waals surface area contributed by atoms with Crippen LogP contribution in [-0.4, -0.2) is 81.0 Å². The van der Waals surface area contributed by atoms with Crippen molar-refractivity contribution in [2.24, 2.45) is 0 Å². The average molecular weight is 422 g/mol. The zero-order valence-corrected chi connectivity index (χ0v) is 18.4. The van der Waals surface area contributed by atoms with Gasteiger partial charge in [0.2, 0.25) is 0 Å². The molecule has 0 aromatic carbocycles. The van der Waals surface area contributed by atoms with Gasteiger partial charge in [0, 0.05) is 32.2 Å². The molecule has 30 heavy (non-hydrogen) atoms. The van der Waals surface area contributed by atoms with Gasteiger partial charge in [0.15, 0.2) is 0 Å². The summed E-state index contributed by atoms with van der Waals surface area (Å²) < 4.78 is 6.83. The number of amides is 1. The largest absolute Gasteiger partial charge is 0.444 e. The summed E-state index contributed by atoms with van der Waals surface area (Å²) >= 11 is 0. The van der Waals surface area contributed by atoms with Crippen molar-refractivity contribution in [2.75, 3.05) is 44.6 Å². The van der Waals surface area contributed by atoms with Crippen LogP contribution >= 0.6 is 0 Å². The quantitative estimate of drug-likeness (QED) is 0.718. The maximum Gasteiger partial charge on any atom is 0.410 e. The molecule has 0 bridgehead atoms. The molecule has 2 fully saturated rings. The molecule has 9 heteroatoms. The third kappa shape index (κ3) is 6.43. The number of rotatable bonds is 6. The molecule has 9 nitrogen and oxygen atoms in total. The molecule has 0 saturated carbocycles. The second-order valence-electron chi connectivity index (χ2n) is 9.41. The van der Waals surface area contributed by atoms with Gasteiger partial charge in [-0.1, -0.05) is 0 Å². The SMILES string of the molecule is CC(C)(C)OC(=O)N1CCC(O)(Cn2cnc(NCCN3CCCC3)cc2=O)CC1. The fourth-order valence-corrected chi connectivity index (χ4v) is 3.90. The highest BCUT2D eigenvalue weighted by atomic mass is 16.6. The Morgan fingerprint density at radius 3 is 2.50 bits per heavy atom. The third-order valence-corrected chi connectivity index (χ3v) is 5.62. The zero-order chi connectivity index (χ0) is 21.8. The molecule has 0 aliphatic carbocycles. The number of aliphatic hydroxyl groups is 1. The minimum atomic E-state index is -1.05. The summed E-state index contributed by atoms with van der Waals surface area (Å²) in [6.07, 6.45) is 4.40. The number of anilines is 1. The van der Waals surface area contributed by atoms with E-state index in [0.717, 1.165) is 26.2 Å². The molecule has 168 valence electrons. The van der Waals surface area contributed by atoms with Gasteiger partial charge < -0.3 is 25.0 Å². The number of piperidine rings is 1. The average Bonchev–Trinajstić information content (AvgIpc) is 3.16. The van der Waals surface area contributed by atoms with Crippen molar-refractivity contribution in [1.82, 2.24) is 19.4 Å². The Hall–Kier alpha value is -2.13. The molecular weight excluding hydrogens is 386 g/mol. The first-order chi connectivity index (χ1) is 14.1. The van der Waals surface area contributed by atoms with Crippen molar-refractivity contribution in [3.05, 3.63) is 22.7 Å². The van der Waals surface area contributed by atoms with E-state index in [1.807, 2.05) is 20.8 Å². The number of aromatic nitrogens is 2. The van der Waals surface area contributed by atoms with Gasteiger partial charge in [-0.25, -0.2) is 9.78 Å². The molecule has 3 rings (SSSR count). The Balaban J connectivity index is 1.49. The lowest BCUT2D eigenvalue weighted by Crippen LogP contribution is -2.50. The van der Waals surface area contributed by atoms with Gasteiger partial charge in [-0.2, -0.15) is 0 Å². The summed E-state index contributed by atoms with van der Waals surface area (Å²) in [6, 6.07) is 1.48. The molecule has 1 aromatic rings. The van der Waals surface area contributed by atoms with Gasteiger partial charge in [-0.15, -0.1) is 0 Å². The van der Waals surface area contributed by atoms with E-state index in [1.54, 1.807) is 4.90 Å². The van der Waals surface area contributed by atoms with E-state index in [4.69, 9.17) is 4.74 Å². The lowest BCUT2D eigenvalue weighted by molar-refractivity contribution is -0.0420. The molecule has 2 aliphatic heterocycles. The fourth-order valence-electron chi connectivity index (χ4n) is 3.90. The number of likely N-dealkylation sites (tertiary alicyclic amines) is 2. The first kappa shape index (κ1) is 22.6. The van der Waals surface area contributed by atoms with Gasteiger partial charge in [-0.3, -0.25) is 9.36 Å².